The first-order chi connectivity index (χ1) is 8.20. The van der Waals surface area contributed by atoms with Gasteiger partial charge in [-0.3, -0.25) is 0 Å². The lowest BCUT2D eigenvalue weighted by atomic mass is 10.2. The lowest BCUT2D eigenvalue weighted by Gasteiger charge is -2.02. The Bertz CT molecular complexity index is 508. The first-order valence-corrected chi connectivity index (χ1v) is 5.40. The van der Waals surface area contributed by atoms with Crippen LogP contribution in [-0.4, -0.2) is 16.3 Å². The molecule has 1 aromatic carbocycles. The van der Waals surface area contributed by atoms with E-state index in [4.69, 9.17) is 5.73 Å². The summed E-state index contributed by atoms with van der Waals surface area (Å²) < 4.78 is 27.6. The molecule has 90 valence electrons. The SMILES string of the molecule is NCCCc1cnn(-c2ccc(F)cc2F)c1. The summed E-state index contributed by atoms with van der Waals surface area (Å²) in [6.07, 6.45) is 5.06. The van der Waals surface area contributed by atoms with Crippen LogP contribution in [-0.2, 0) is 6.42 Å². The molecule has 0 saturated heterocycles. The monoisotopic (exact) mass is 237 g/mol. The first kappa shape index (κ1) is 11.7. The van der Waals surface area contributed by atoms with Crippen molar-refractivity contribution in [2.75, 3.05) is 6.54 Å². The quantitative estimate of drug-likeness (QED) is 0.884. The molecule has 17 heavy (non-hydrogen) atoms. The summed E-state index contributed by atoms with van der Waals surface area (Å²) in [4.78, 5) is 0. The summed E-state index contributed by atoms with van der Waals surface area (Å²) in [6.45, 7) is 0.607. The summed E-state index contributed by atoms with van der Waals surface area (Å²) in [5.74, 6) is -1.22. The van der Waals surface area contributed by atoms with E-state index in [1.807, 2.05) is 0 Å². The van der Waals surface area contributed by atoms with E-state index in [0.29, 0.717) is 6.54 Å². The fraction of sp³-hybridized carbons (Fsp3) is 0.250. The average molecular weight is 237 g/mol. The van der Waals surface area contributed by atoms with E-state index in [9.17, 15) is 8.78 Å². The average Bonchev–Trinajstić information content (AvgIpc) is 2.75. The molecule has 0 spiro atoms. The molecule has 0 amide bonds. The highest BCUT2D eigenvalue weighted by atomic mass is 19.1. The van der Waals surface area contributed by atoms with Crippen LogP contribution in [0.15, 0.2) is 30.6 Å². The molecule has 0 radical (unpaired) electrons. The van der Waals surface area contributed by atoms with Crippen molar-refractivity contribution in [3.8, 4) is 5.69 Å². The van der Waals surface area contributed by atoms with E-state index in [2.05, 4.69) is 5.10 Å². The van der Waals surface area contributed by atoms with Crippen molar-refractivity contribution in [3.63, 3.8) is 0 Å². The Labute approximate surface area is 97.9 Å². The summed E-state index contributed by atoms with van der Waals surface area (Å²) in [5.41, 5.74) is 6.63. The lowest BCUT2D eigenvalue weighted by Crippen LogP contribution is -2.00. The Balaban J connectivity index is 2.24. The smallest absolute Gasteiger partial charge is 0.151 e. The molecule has 0 unspecified atom stereocenters. The first-order valence-electron chi connectivity index (χ1n) is 5.40. The van der Waals surface area contributed by atoms with E-state index in [-0.39, 0.29) is 5.69 Å². The van der Waals surface area contributed by atoms with E-state index in [1.54, 1.807) is 12.4 Å². The molecule has 2 N–H and O–H groups in total. The Morgan fingerprint density at radius 2 is 2.12 bits per heavy atom. The largest absolute Gasteiger partial charge is 0.330 e. The van der Waals surface area contributed by atoms with Crippen LogP contribution < -0.4 is 5.73 Å². The summed E-state index contributed by atoms with van der Waals surface area (Å²) in [6, 6.07) is 3.42. The topological polar surface area (TPSA) is 43.8 Å². The lowest BCUT2D eigenvalue weighted by molar-refractivity contribution is 0.573. The molecule has 2 rings (SSSR count). The van der Waals surface area contributed by atoms with Crippen molar-refractivity contribution in [3.05, 3.63) is 47.8 Å². The number of halogens is 2. The highest BCUT2D eigenvalue weighted by molar-refractivity contribution is 5.33. The van der Waals surface area contributed by atoms with Crippen LogP contribution in [0.3, 0.4) is 0 Å². The zero-order valence-electron chi connectivity index (χ0n) is 9.24. The fourth-order valence-corrected chi connectivity index (χ4v) is 1.59. The number of benzene rings is 1. The van der Waals surface area contributed by atoms with Crippen LogP contribution in [0.2, 0.25) is 0 Å². The van der Waals surface area contributed by atoms with Crippen molar-refractivity contribution in [2.45, 2.75) is 12.8 Å². The van der Waals surface area contributed by atoms with Crippen molar-refractivity contribution < 1.29 is 8.78 Å². The van der Waals surface area contributed by atoms with Gasteiger partial charge in [0.1, 0.15) is 11.5 Å². The van der Waals surface area contributed by atoms with Gasteiger partial charge in [0, 0.05) is 12.3 Å². The third-order valence-electron chi connectivity index (χ3n) is 2.46. The molecule has 2 aromatic rings. The van der Waals surface area contributed by atoms with E-state index < -0.39 is 11.6 Å². The van der Waals surface area contributed by atoms with Gasteiger partial charge < -0.3 is 5.73 Å². The fourth-order valence-electron chi connectivity index (χ4n) is 1.59. The molecule has 0 aliphatic rings. The van der Waals surface area contributed by atoms with Crippen LogP contribution in [0.1, 0.15) is 12.0 Å². The Morgan fingerprint density at radius 3 is 2.82 bits per heavy atom. The Kier molecular flexibility index (Phi) is 3.49. The van der Waals surface area contributed by atoms with Crippen molar-refractivity contribution in [1.82, 2.24) is 9.78 Å². The summed E-state index contributed by atoms with van der Waals surface area (Å²) in [7, 11) is 0. The molecular weight excluding hydrogens is 224 g/mol. The third-order valence-corrected chi connectivity index (χ3v) is 2.46. The highest BCUT2D eigenvalue weighted by Crippen LogP contribution is 2.15. The Morgan fingerprint density at radius 1 is 1.29 bits per heavy atom. The minimum atomic E-state index is -0.626. The molecule has 0 bridgehead atoms. The van der Waals surface area contributed by atoms with Crippen molar-refractivity contribution in [2.24, 2.45) is 5.73 Å². The number of rotatable bonds is 4. The van der Waals surface area contributed by atoms with Crippen LogP contribution >= 0.6 is 0 Å². The predicted octanol–water partition coefficient (Wildman–Crippen LogP) is 2.04. The van der Waals surface area contributed by atoms with E-state index >= 15 is 0 Å². The van der Waals surface area contributed by atoms with Crippen molar-refractivity contribution in [1.29, 1.82) is 0 Å². The van der Waals surface area contributed by atoms with Crippen LogP contribution in [0.5, 0.6) is 0 Å². The van der Waals surface area contributed by atoms with Gasteiger partial charge in [-0.2, -0.15) is 5.10 Å². The zero-order valence-corrected chi connectivity index (χ0v) is 9.24. The van der Waals surface area contributed by atoms with Gasteiger partial charge in [-0.05, 0) is 37.1 Å². The highest BCUT2D eigenvalue weighted by Gasteiger charge is 2.07. The second-order valence-corrected chi connectivity index (χ2v) is 3.78. The number of aromatic nitrogens is 2. The van der Waals surface area contributed by atoms with Gasteiger partial charge in [-0.1, -0.05) is 0 Å². The van der Waals surface area contributed by atoms with Gasteiger partial charge >= 0.3 is 0 Å². The maximum atomic E-state index is 13.5. The second kappa shape index (κ2) is 5.05. The maximum Gasteiger partial charge on any atom is 0.151 e. The number of aryl methyl sites for hydroxylation is 1. The molecule has 1 aromatic heterocycles. The minimum Gasteiger partial charge on any atom is -0.330 e. The number of hydrogen-bond acceptors (Lipinski definition) is 2. The minimum absolute atomic E-state index is 0.241. The number of nitrogens with two attached hydrogens (primary N) is 1. The third kappa shape index (κ3) is 2.68. The number of hydrogen-bond donors (Lipinski definition) is 1. The van der Waals surface area contributed by atoms with E-state index in [1.165, 1.54) is 16.8 Å². The molecule has 3 nitrogen and oxygen atoms in total. The van der Waals surface area contributed by atoms with Gasteiger partial charge in [-0.25, -0.2) is 13.5 Å². The normalized spacial score (nSPS) is 10.8. The molecule has 0 aliphatic heterocycles. The molecule has 0 aliphatic carbocycles. The van der Waals surface area contributed by atoms with Gasteiger partial charge in [-0.15, -0.1) is 0 Å². The van der Waals surface area contributed by atoms with Crippen LogP contribution in [0.4, 0.5) is 8.78 Å². The summed E-state index contributed by atoms with van der Waals surface area (Å²) >= 11 is 0. The maximum absolute atomic E-state index is 13.5. The van der Waals surface area contributed by atoms with Gasteiger partial charge in [0.25, 0.3) is 0 Å². The van der Waals surface area contributed by atoms with Gasteiger partial charge in [0.05, 0.1) is 6.20 Å². The molecule has 0 saturated carbocycles. The molecule has 5 heteroatoms. The second-order valence-electron chi connectivity index (χ2n) is 3.78. The van der Waals surface area contributed by atoms with E-state index in [0.717, 1.165) is 24.5 Å². The van der Waals surface area contributed by atoms with Crippen molar-refractivity contribution >= 4 is 0 Å². The standard InChI is InChI=1S/C12H13F2N3/c13-10-3-4-12(11(14)6-10)17-8-9(7-16-17)2-1-5-15/h3-4,6-8H,1-2,5,15H2. The predicted molar refractivity (Wildman–Crippen MR) is 60.9 cm³/mol. The Hall–Kier alpha value is -1.75. The molecule has 0 atom stereocenters. The molecule has 0 fully saturated rings. The van der Waals surface area contributed by atoms with Crippen LogP contribution in [0.25, 0.3) is 5.69 Å². The molecule has 1 heterocycles. The van der Waals surface area contributed by atoms with Crippen LogP contribution in [0, 0.1) is 11.6 Å². The van der Waals surface area contributed by atoms with Gasteiger partial charge in [0.15, 0.2) is 5.82 Å². The number of nitrogens with zero attached hydrogens (tertiary/aromatic N) is 2. The molecular formula is C12H13F2N3. The van der Waals surface area contributed by atoms with Gasteiger partial charge in [0.2, 0.25) is 0 Å². The summed E-state index contributed by atoms with van der Waals surface area (Å²) in [5, 5.41) is 4.04. The zero-order chi connectivity index (χ0) is 12.3.